The smallest absolute Gasteiger partial charge is 0.273 e. The Hall–Kier alpha value is -1.78. The van der Waals surface area contributed by atoms with Crippen molar-refractivity contribution in [2.75, 3.05) is 17.2 Å². The third-order valence-corrected chi connectivity index (χ3v) is 4.26. The first-order valence-corrected chi connectivity index (χ1v) is 7.90. The van der Waals surface area contributed by atoms with E-state index >= 15 is 0 Å². The van der Waals surface area contributed by atoms with Gasteiger partial charge in [0.1, 0.15) is 0 Å². The van der Waals surface area contributed by atoms with Crippen molar-refractivity contribution < 1.29 is 4.92 Å². The zero-order valence-corrected chi connectivity index (χ0v) is 12.9. The molecule has 21 heavy (non-hydrogen) atoms. The number of nitro benzene ring substituents is 1. The number of hydrogen-bond acceptors (Lipinski definition) is 4. The van der Waals surface area contributed by atoms with Gasteiger partial charge in [0.05, 0.1) is 4.92 Å². The van der Waals surface area contributed by atoms with E-state index in [1.54, 1.807) is 12.1 Å². The van der Waals surface area contributed by atoms with Gasteiger partial charge >= 0.3 is 0 Å². The van der Waals surface area contributed by atoms with Gasteiger partial charge in [0.2, 0.25) is 0 Å². The first kappa shape index (κ1) is 15.6. The molecule has 0 saturated heterocycles. The summed E-state index contributed by atoms with van der Waals surface area (Å²) >= 11 is 0. The third kappa shape index (κ3) is 4.34. The monoisotopic (exact) mass is 291 g/mol. The van der Waals surface area contributed by atoms with Crippen LogP contribution in [0.3, 0.4) is 0 Å². The summed E-state index contributed by atoms with van der Waals surface area (Å²) in [6.07, 6.45) is 6.44. The maximum Gasteiger partial charge on any atom is 0.273 e. The van der Waals surface area contributed by atoms with E-state index in [1.165, 1.54) is 32.1 Å². The summed E-state index contributed by atoms with van der Waals surface area (Å²) in [7, 11) is 0. The highest BCUT2D eigenvalue weighted by molar-refractivity contribution is 5.63. The van der Waals surface area contributed by atoms with Crippen molar-refractivity contribution in [3.05, 3.63) is 28.3 Å². The number of hydrogen-bond donors (Lipinski definition) is 2. The van der Waals surface area contributed by atoms with Crippen LogP contribution in [-0.2, 0) is 0 Å². The second kappa shape index (κ2) is 7.29. The highest BCUT2D eigenvalue weighted by Crippen LogP contribution is 2.30. The van der Waals surface area contributed by atoms with Crippen molar-refractivity contribution in [3.63, 3.8) is 0 Å². The van der Waals surface area contributed by atoms with Crippen LogP contribution in [0.4, 0.5) is 17.1 Å². The van der Waals surface area contributed by atoms with Gasteiger partial charge in [-0.3, -0.25) is 10.1 Å². The van der Waals surface area contributed by atoms with Gasteiger partial charge in [-0.1, -0.05) is 19.3 Å². The number of nitrogens with zero attached hydrogens (tertiary/aromatic N) is 1. The van der Waals surface area contributed by atoms with E-state index in [9.17, 15) is 10.1 Å². The van der Waals surface area contributed by atoms with E-state index in [0.29, 0.717) is 12.0 Å². The van der Waals surface area contributed by atoms with Gasteiger partial charge in [0.15, 0.2) is 0 Å². The first-order valence-electron chi connectivity index (χ1n) is 7.90. The maximum absolute atomic E-state index is 11.0. The highest BCUT2D eigenvalue weighted by Gasteiger charge is 2.20. The standard InChI is InChI=1S/C16H25N3O2/c1-3-17-14-9-15(11-16(10-14)19(20)21)18-12(2)13-7-5-4-6-8-13/h9-13,17-18H,3-8H2,1-2H3. The van der Waals surface area contributed by atoms with Gasteiger partial charge in [0.25, 0.3) is 5.69 Å². The van der Waals surface area contributed by atoms with Crippen LogP contribution < -0.4 is 10.6 Å². The van der Waals surface area contributed by atoms with E-state index in [-0.39, 0.29) is 10.6 Å². The number of benzene rings is 1. The Bertz CT molecular complexity index is 484. The summed E-state index contributed by atoms with van der Waals surface area (Å²) in [5.74, 6) is 0.667. The number of rotatable bonds is 6. The molecule has 2 N–H and O–H groups in total. The molecular formula is C16H25N3O2. The zero-order chi connectivity index (χ0) is 15.2. The lowest BCUT2D eigenvalue weighted by atomic mass is 9.84. The molecule has 1 atom stereocenters. The molecule has 0 aliphatic heterocycles. The van der Waals surface area contributed by atoms with Crippen molar-refractivity contribution in [1.29, 1.82) is 0 Å². The van der Waals surface area contributed by atoms with Gasteiger partial charge in [-0.25, -0.2) is 0 Å². The maximum atomic E-state index is 11.0. The average molecular weight is 291 g/mol. The number of non-ortho nitro benzene ring substituents is 1. The van der Waals surface area contributed by atoms with E-state index in [4.69, 9.17) is 0 Å². The van der Waals surface area contributed by atoms with Crippen LogP contribution >= 0.6 is 0 Å². The van der Waals surface area contributed by atoms with Crippen LogP contribution in [0, 0.1) is 16.0 Å². The molecule has 0 radical (unpaired) electrons. The Labute approximate surface area is 126 Å². The fraction of sp³-hybridized carbons (Fsp3) is 0.625. The molecule has 0 spiro atoms. The molecule has 1 aromatic carbocycles. The van der Waals surface area contributed by atoms with Gasteiger partial charge in [0, 0.05) is 36.1 Å². The van der Waals surface area contributed by atoms with E-state index in [1.807, 2.05) is 13.0 Å². The van der Waals surface area contributed by atoms with Crippen LogP contribution in [0.5, 0.6) is 0 Å². The fourth-order valence-corrected chi connectivity index (χ4v) is 3.12. The summed E-state index contributed by atoms with van der Waals surface area (Å²) in [5.41, 5.74) is 1.76. The Kier molecular flexibility index (Phi) is 5.42. The molecule has 0 aromatic heterocycles. The second-order valence-electron chi connectivity index (χ2n) is 5.89. The van der Waals surface area contributed by atoms with Crippen molar-refractivity contribution in [1.82, 2.24) is 0 Å². The highest BCUT2D eigenvalue weighted by atomic mass is 16.6. The molecule has 116 valence electrons. The molecule has 1 aromatic rings. The molecule has 5 heteroatoms. The minimum Gasteiger partial charge on any atom is -0.385 e. The summed E-state index contributed by atoms with van der Waals surface area (Å²) in [4.78, 5) is 10.7. The molecule has 0 bridgehead atoms. The average Bonchev–Trinajstić information content (AvgIpc) is 2.48. The van der Waals surface area contributed by atoms with E-state index in [2.05, 4.69) is 17.6 Å². The quantitative estimate of drug-likeness (QED) is 0.602. The molecule has 1 aliphatic rings. The molecule has 2 rings (SSSR count). The predicted molar refractivity (Wildman–Crippen MR) is 86.9 cm³/mol. The number of anilines is 2. The minimum absolute atomic E-state index is 0.131. The molecule has 0 amide bonds. The van der Waals surface area contributed by atoms with Crippen LogP contribution in [-0.4, -0.2) is 17.5 Å². The number of nitro groups is 1. The summed E-state index contributed by atoms with van der Waals surface area (Å²) in [5, 5.41) is 17.7. The lowest BCUT2D eigenvalue weighted by molar-refractivity contribution is -0.384. The third-order valence-electron chi connectivity index (χ3n) is 4.26. The fourth-order valence-electron chi connectivity index (χ4n) is 3.12. The van der Waals surface area contributed by atoms with Crippen molar-refractivity contribution in [3.8, 4) is 0 Å². The molecule has 1 fully saturated rings. The minimum atomic E-state index is -0.336. The van der Waals surface area contributed by atoms with Gasteiger partial charge in [-0.2, -0.15) is 0 Å². The van der Waals surface area contributed by atoms with Crippen molar-refractivity contribution in [2.45, 2.75) is 52.0 Å². The molecule has 1 saturated carbocycles. The topological polar surface area (TPSA) is 67.2 Å². The van der Waals surface area contributed by atoms with Gasteiger partial charge in [-0.05, 0) is 38.7 Å². The zero-order valence-electron chi connectivity index (χ0n) is 12.9. The van der Waals surface area contributed by atoms with E-state index in [0.717, 1.165) is 17.9 Å². The molecular weight excluding hydrogens is 266 g/mol. The molecule has 0 heterocycles. The van der Waals surface area contributed by atoms with Crippen molar-refractivity contribution >= 4 is 17.1 Å². The van der Waals surface area contributed by atoms with Gasteiger partial charge < -0.3 is 10.6 Å². The Morgan fingerprint density at radius 2 is 1.90 bits per heavy atom. The van der Waals surface area contributed by atoms with E-state index < -0.39 is 0 Å². The van der Waals surface area contributed by atoms with Crippen LogP contribution in [0.1, 0.15) is 46.0 Å². The number of nitrogens with one attached hydrogen (secondary N) is 2. The SMILES string of the molecule is CCNc1cc(NC(C)C2CCCCC2)cc([N+](=O)[O-])c1. The molecule has 1 aliphatic carbocycles. The van der Waals surface area contributed by atoms with Crippen LogP contribution in [0.15, 0.2) is 18.2 Å². The lowest BCUT2D eigenvalue weighted by Crippen LogP contribution is -2.27. The normalized spacial score (nSPS) is 17.2. The Balaban J connectivity index is 2.11. The summed E-state index contributed by atoms with van der Waals surface area (Å²) < 4.78 is 0. The lowest BCUT2D eigenvalue weighted by Gasteiger charge is -2.29. The van der Waals surface area contributed by atoms with Crippen LogP contribution in [0.2, 0.25) is 0 Å². The first-order chi connectivity index (χ1) is 10.1. The predicted octanol–water partition coefficient (Wildman–Crippen LogP) is 4.41. The molecule has 1 unspecified atom stereocenters. The summed E-state index contributed by atoms with van der Waals surface area (Å²) in [6, 6.07) is 5.51. The Morgan fingerprint density at radius 3 is 2.52 bits per heavy atom. The largest absolute Gasteiger partial charge is 0.385 e. The second-order valence-corrected chi connectivity index (χ2v) is 5.89. The van der Waals surface area contributed by atoms with Gasteiger partial charge in [-0.15, -0.1) is 0 Å². The summed E-state index contributed by atoms with van der Waals surface area (Å²) in [6.45, 7) is 4.91. The van der Waals surface area contributed by atoms with Crippen LogP contribution in [0.25, 0.3) is 0 Å². The Morgan fingerprint density at radius 1 is 1.24 bits per heavy atom. The van der Waals surface area contributed by atoms with Crippen molar-refractivity contribution in [2.24, 2.45) is 5.92 Å². The molecule has 5 nitrogen and oxygen atoms in total.